The quantitative estimate of drug-likeness (QED) is 0.799. The molecule has 0 aliphatic heterocycles. The van der Waals surface area contributed by atoms with Crippen molar-refractivity contribution >= 4 is 12.1 Å². The molecular weight excluding hydrogens is 306 g/mol. The number of rotatable bonds is 6. The van der Waals surface area contributed by atoms with E-state index < -0.39 is 11.7 Å². The highest BCUT2D eigenvalue weighted by Crippen LogP contribution is 2.15. The van der Waals surface area contributed by atoms with Crippen molar-refractivity contribution in [3.8, 4) is 0 Å². The molecule has 0 saturated carbocycles. The molecule has 0 radical (unpaired) electrons. The molecule has 0 spiro atoms. The highest BCUT2D eigenvalue weighted by atomic mass is 16.6. The van der Waals surface area contributed by atoms with Crippen molar-refractivity contribution in [2.24, 2.45) is 5.92 Å². The molecule has 0 aliphatic carbocycles. The Morgan fingerprint density at radius 1 is 1.21 bits per heavy atom. The van der Waals surface area contributed by atoms with Gasteiger partial charge in [0.05, 0.1) is 12.7 Å². The van der Waals surface area contributed by atoms with Gasteiger partial charge in [-0.15, -0.1) is 0 Å². The van der Waals surface area contributed by atoms with Crippen LogP contribution in [-0.2, 0) is 15.9 Å². The lowest BCUT2D eigenvalue weighted by atomic mass is 9.96. The van der Waals surface area contributed by atoms with Gasteiger partial charge in [-0.05, 0) is 57.2 Å². The van der Waals surface area contributed by atoms with E-state index >= 15 is 0 Å². The Kier molecular flexibility index (Phi) is 7.26. The van der Waals surface area contributed by atoms with Gasteiger partial charge in [-0.25, -0.2) is 9.59 Å². The zero-order valence-corrected chi connectivity index (χ0v) is 15.5. The fraction of sp³-hybridized carbons (Fsp3) is 0.579. The van der Waals surface area contributed by atoms with Gasteiger partial charge in [0, 0.05) is 6.04 Å². The largest absolute Gasteiger partial charge is 0.465 e. The monoisotopic (exact) mass is 335 g/mol. The molecule has 0 aliphatic rings. The van der Waals surface area contributed by atoms with E-state index in [-0.39, 0.29) is 17.9 Å². The summed E-state index contributed by atoms with van der Waals surface area (Å²) in [5, 5.41) is 2.94. The summed E-state index contributed by atoms with van der Waals surface area (Å²) in [7, 11) is 1.37. The topological polar surface area (TPSA) is 64.6 Å². The van der Waals surface area contributed by atoms with E-state index in [0.29, 0.717) is 5.56 Å². The highest BCUT2D eigenvalue weighted by Gasteiger charge is 2.21. The second-order valence-corrected chi connectivity index (χ2v) is 7.23. The molecule has 1 atom stereocenters. The van der Waals surface area contributed by atoms with Crippen LogP contribution in [0, 0.1) is 5.92 Å². The predicted octanol–water partition coefficient (Wildman–Crippen LogP) is 3.96. The van der Waals surface area contributed by atoms with Crippen LogP contribution in [0.25, 0.3) is 0 Å². The number of carbonyl (C=O) groups is 2. The van der Waals surface area contributed by atoms with Gasteiger partial charge < -0.3 is 14.8 Å². The Morgan fingerprint density at radius 3 is 2.42 bits per heavy atom. The molecule has 5 nitrogen and oxygen atoms in total. The fourth-order valence-electron chi connectivity index (χ4n) is 2.32. The predicted molar refractivity (Wildman–Crippen MR) is 94.1 cm³/mol. The number of alkyl carbamates (subject to hydrolysis) is 1. The second kappa shape index (κ2) is 8.71. The van der Waals surface area contributed by atoms with Crippen LogP contribution in [0.1, 0.15) is 57.0 Å². The molecule has 24 heavy (non-hydrogen) atoms. The first-order valence-corrected chi connectivity index (χ1v) is 8.29. The molecule has 0 fully saturated rings. The van der Waals surface area contributed by atoms with Crippen molar-refractivity contribution in [1.29, 1.82) is 0 Å². The maximum absolute atomic E-state index is 12.0. The molecule has 1 aromatic carbocycles. The summed E-state index contributed by atoms with van der Waals surface area (Å²) < 4.78 is 10.1. The van der Waals surface area contributed by atoms with E-state index in [1.165, 1.54) is 7.11 Å². The van der Waals surface area contributed by atoms with E-state index in [2.05, 4.69) is 19.2 Å². The Hall–Kier alpha value is -2.04. The summed E-state index contributed by atoms with van der Waals surface area (Å²) >= 11 is 0. The van der Waals surface area contributed by atoms with Crippen LogP contribution in [-0.4, -0.2) is 30.8 Å². The van der Waals surface area contributed by atoms with Crippen LogP contribution >= 0.6 is 0 Å². The van der Waals surface area contributed by atoms with Crippen LogP contribution in [0.15, 0.2) is 24.3 Å². The van der Waals surface area contributed by atoms with E-state index in [4.69, 9.17) is 9.47 Å². The van der Waals surface area contributed by atoms with E-state index in [1.807, 2.05) is 39.0 Å². The molecule has 1 amide bonds. The number of amides is 1. The van der Waals surface area contributed by atoms with Crippen molar-refractivity contribution in [2.45, 2.75) is 59.1 Å². The van der Waals surface area contributed by atoms with Gasteiger partial charge in [-0.1, -0.05) is 26.0 Å². The SMILES string of the molecule is COC(=O)c1cccc(CC[C@@H](NC(=O)OC(C)(C)C)C(C)C)c1. The zero-order valence-electron chi connectivity index (χ0n) is 15.5. The average Bonchev–Trinajstić information content (AvgIpc) is 2.48. The van der Waals surface area contributed by atoms with Gasteiger partial charge in [0.1, 0.15) is 5.60 Å². The summed E-state index contributed by atoms with van der Waals surface area (Å²) in [6, 6.07) is 7.37. The summed E-state index contributed by atoms with van der Waals surface area (Å²) in [5.41, 5.74) is 1.06. The molecule has 134 valence electrons. The molecular formula is C19H29NO4. The van der Waals surface area contributed by atoms with Crippen LogP contribution in [0.4, 0.5) is 4.79 Å². The lowest BCUT2D eigenvalue weighted by Crippen LogP contribution is -2.42. The van der Waals surface area contributed by atoms with E-state index in [9.17, 15) is 9.59 Å². The molecule has 1 aromatic rings. The minimum absolute atomic E-state index is 0.00151. The number of nitrogens with one attached hydrogen (secondary N) is 1. The molecule has 1 N–H and O–H groups in total. The van der Waals surface area contributed by atoms with Gasteiger partial charge in [0.25, 0.3) is 0 Å². The molecule has 0 aromatic heterocycles. The van der Waals surface area contributed by atoms with Gasteiger partial charge in [-0.2, -0.15) is 0 Å². The number of methoxy groups -OCH3 is 1. The maximum atomic E-state index is 12.0. The van der Waals surface area contributed by atoms with E-state index in [0.717, 1.165) is 18.4 Å². The molecule has 1 rings (SSSR count). The lowest BCUT2D eigenvalue weighted by Gasteiger charge is -2.26. The number of aryl methyl sites for hydroxylation is 1. The third kappa shape index (κ3) is 7.02. The van der Waals surface area contributed by atoms with Crippen molar-refractivity contribution < 1.29 is 19.1 Å². The number of benzene rings is 1. The average molecular weight is 335 g/mol. The minimum Gasteiger partial charge on any atom is -0.465 e. The molecule has 0 unspecified atom stereocenters. The third-order valence-electron chi connectivity index (χ3n) is 3.60. The maximum Gasteiger partial charge on any atom is 0.407 e. The Balaban J connectivity index is 2.67. The summed E-state index contributed by atoms with van der Waals surface area (Å²) in [4.78, 5) is 23.6. The van der Waals surface area contributed by atoms with Crippen LogP contribution < -0.4 is 5.32 Å². The minimum atomic E-state index is -0.513. The van der Waals surface area contributed by atoms with Crippen LogP contribution in [0.3, 0.4) is 0 Å². The van der Waals surface area contributed by atoms with Crippen molar-refractivity contribution in [2.75, 3.05) is 7.11 Å². The number of ether oxygens (including phenoxy) is 2. The summed E-state index contributed by atoms with van der Waals surface area (Å²) in [6.07, 6.45) is 1.12. The molecule has 0 heterocycles. The van der Waals surface area contributed by atoms with Crippen molar-refractivity contribution in [1.82, 2.24) is 5.32 Å². The number of esters is 1. The lowest BCUT2D eigenvalue weighted by molar-refractivity contribution is 0.0486. The normalized spacial score (nSPS) is 12.6. The highest BCUT2D eigenvalue weighted by molar-refractivity contribution is 5.89. The standard InChI is InChI=1S/C19H29NO4/c1-13(2)16(20-18(22)24-19(3,4)5)11-10-14-8-7-9-15(12-14)17(21)23-6/h7-9,12-13,16H,10-11H2,1-6H3,(H,20,22)/t16-/m1/s1. The number of carbonyl (C=O) groups excluding carboxylic acids is 2. The summed E-state index contributed by atoms with van der Waals surface area (Å²) in [5.74, 6) is -0.0644. The first-order chi connectivity index (χ1) is 11.1. The number of hydrogen-bond donors (Lipinski definition) is 1. The molecule has 0 bridgehead atoms. The third-order valence-corrected chi connectivity index (χ3v) is 3.60. The first kappa shape index (κ1) is 20.0. The van der Waals surface area contributed by atoms with Gasteiger partial charge >= 0.3 is 12.1 Å². The van der Waals surface area contributed by atoms with E-state index in [1.54, 1.807) is 6.07 Å². The molecule has 0 saturated heterocycles. The van der Waals surface area contributed by atoms with Crippen LogP contribution in [0.5, 0.6) is 0 Å². The fourth-order valence-corrected chi connectivity index (χ4v) is 2.32. The van der Waals surface area contributed by atoms with Crippen molar-refractivity contribution in [3.05, 3.63) is 35.4 Å². The van der Waals surface area contributed by atoms with Gasteiger partial charge in [0.15, 0.2) is 0 Å². The summed E-state index contributed by atoms with van der Waals surface area (Å²) in [6.45, 7) is 9.65. The molecule has 5 heteroatoms. The second-order valence-electron chi connectivity index (χ2n) is 7.23. The Bertz CT molecular complexity index is 561. The number of hydrogen-bond acceptors (Lipinski definition) is 4. The Labute approximate surface area is 144 Å². The van der Waals surface area contributed by atoms with Crippen LogP contribution in [0.2, 0.25) is 0 Å². The first-order valence-electron chi connectivity index (χ1n) is 8.29. The van der Waals surface area contributed by atoms with Gasteiger partial charge in [-0.3, -0.25) is 0 Å². The zero-order chi connectivity index (χ0) is 18.3. The van der Waals surface area contributed by atoms with Crippen molar-refractivity contribution in [3.63, 3.8) is 0 Å². The van der Waals surface area contributed by atoms with Gasteiger partial charge in [0.2, 0.25) is 0 Å². The Morgan fingerprint density at radius 2 is 1.88 bits per heavy atom. The smallest absolute Gasteiger partial charge is 0.407 e.